The molecule has 0 bridgehead atoms. The highest BCUT2D eigenvalue weighted by atomic mass is 79.9. The lowest BCUT2D eigenvalue weighted by Gasteiger charge is -2.37. The van der Waals surface area contributed by atoms with Crippen LogP contribution in [-0.2, 0) is 4.79 Å². The fourth-order valence-electron chi connectivity index (χ4n) is 3.63. The molecule has 1 aliphatic heterocycles. The zero-order valence-electron chi connectivity index (χ0n) is 14.4. The number of amides is 1. The second-order valence-electron chi connectivity index (χ2n) is 6.48. The van der Waals surface area contributed by atoms with Crippen molar-refractivity contribution in [2.24, 2.45) is 16.9 Å². The number of anilines is 1. The monoisotopic (exact) mass is 410 g/mol. The maximum absolute atomic E-state index is 13.1. The van der Waals surface area contributed by atoms with Crippen LogP contribution in [0.15, 0.2) is 70.3 Å². The van der Waals surface area contributed by atoms with E-state index in [1.54, 1.807) is 12.1 Å². The number of allylic oxidation sites excluding steroid dienone is 2. The number of carbonyl (C=O) groups excluding carboxylic acids is 1. The van der Waals surface area contributed by atoms with Crippen LogP contribution in [-0.4, -0.2) is 18.7 Å². The number of nitrogens with zero attached hydrogens (tertiary/aromatic N) is 2. The molecule has 2 aliphatic rings. The van der Waals surface area contributed by atoms with Crippen LogP contribution in [0, 0.1) is 11.8 Å². The van der Waals surface area contributed by atoms with E-state index in [0.717, 1.165) is 40.0 Å². The van der Waals surface area contributed by atoms with Gasteiger partial charge in [0.25, 0.3) is 5.91 Å². The maximum Gasteiger partial charge on any atom is 0.251 e. The highest BCUT2D eigenvalue weighted by Crippen LogP contribution is 2.37. The Hall–Kier alpha value is -2.40. The molecule has 0 fully saturated rings. The van der Waals surface area contributed by atoms with Crippen LogP contribution in [0.5, 0.6) is 5.75 Å². The highest BCUT2D eigenvalue weighted by molar-refractivity contribution is 9.10. The Labute approximate surface area is 161 Å². The number of methoxy groups -OCH3 is 1. The van der Waals surface area contributed by atoms with Crippen molar-refractivity contribution in [3.05, 3.63) is 70.7 Å². The van der Waals surface area contributed by atoms with E-state index in [-0.39, 0.29) is 17.7 Å². The number of fused-ring (bicyclic) bond motifs is 1. The van der Waals surface area contributed by atoms with Crippen molar-refractivity contribution < 1.29 is 9.53 Å². The van der Waals surface area contributed by atoms with Crippen LogP contribution in [0.1, 0.15) is 18.4 Å². The molecule has 0 radical (unpaired) electrons. The van der Waals surface area contributed by atoms with Crippen LogP contribution in [0.3, 0.4) is 0 Å². The number of ether oxygens (including phenoxy) is 1. The number of para-hydroxylation sites is 1. The fourth-order valence-corrected chi connectivity index (χ4v) is 4.17. The van der Waals surface area contributed by atoms with E-state index in [0.29, 0.717) is 0 Å². The van der Waals surface area contributed by atoms with Gasteiger partial charge in [-0.2, -0.15) is 5.10 Å². The topological polar surface area (TPSA) is 41.9 Å². The molecule has 5 heteroatoms. The van der Waals surface area contributed by atoms with Gasteiger partial charge in [-0.25, -0.2) is 5.01 Å². The Morgan fingerprint density at radius 3 is 2.50 bits per heavy atom. The quantitative estimate of drug-likeness (QED) is 0.682. The summed E-state index contributed by atoms with van der Waals surface area (Å²) in [7, 11) is 1.65. The van der Waals surface area contributed by atoms with Crippen LogP contribution in [0.25, 0.3) is 0 Å². The van der Waals surface area contributed by atoms with E-state index < -0.39 is 0 Å². The molecular formula is C21H19BrN2O2. The van der Waals surface area contributed by atoms with Crippen molar-refractivity contribution in [3.8, 4) is 5.75 Å². The first kappa shape index (κ1) is 17.0. The molecule has 2 atom stereocenters. The minimum Gasteiger partial charge on any atom is -0.496 e. The zero-order chi connectivity index (χ0) is 18.1. The third-order valence-electron chi connectivity index (χ3n) is 4.97. The first-order valence-corrected chi connectivity index (χ1v) is 9.45. The lowest BCUT2D eigenvalue weighted by Crippen LogP contribution is -2.45. The van der Waals surface area contributed by atoms with Gasteiger partial charge in [0.15, 0.2) is 0 Å². The second-order valence-corrected chi connectivity index (χ2v) is 7.33. The molecule has 26 heavy (non-hydrogen) atoms. The molecule has 132 valence electrons. The standard InChI is InChI=1S/C21H19BrN2O2/c1-26-19-12-11-14(13-18(19)22)20-16-9-5-6-10-17(16)21(25)24(23-20)15-7-3-2-4-8-15/h2-8,11-13,16-17H,9-10H2,1H3/t16-,17?/m0/s1. The first-order chi connectivity index (χ1) is 12.7. The predicted molar refractivity (Wildman–Crippen MR) is 107 cm³/mol. The average Bonchev–Trinajstić information content (AvgIpc) is 2.69. The van der Waals surface area contributed by atoms with E-state index in [1.807, 2.05) is 48.5 Å². The van der Waals surface area contributed by atoms with E-state index in [4.69, 9.17) is 9.84 Å². The Balaban J connectivity index is 1.82. The summed E-state index contributed by atoms with van der Waals surface area (Å²) in [5, 5.41) is 6.35. The summed E-state index contributed by atoms with van der Waals surface area (Å²) in [5.41, 5.74) is 2.76. The fraction of sp³-hybridized carbons (Fsp3) is 0.238. The van der Waals surface area contributed by atoms with Crippen molar-refractivity contribution in [1.29, 1.82) is 0 Å². The number of hydrazone groups is 1. The first-order valence-electron chi connectivity index (χ1n) is 8.65. The molecule has 0 spiro atoms. The number of rotatable bonds is 3. The summed E-state index contributed by atoms with van der Waals surface area (Å²) in [6, 6.07) is 15.6. The van der Waals surface area contributed by atoms with Gasteiger partial charge in [-0.1, -0.05) is 30.4 Å². The van der Waals surface area contributed by atoms with Gasteiger partial charge in [0.2, 0.25) is 0 Å². The van der Waals surface area contributed by atoms with E-state index in [2.05, 4.69) is 28.1 Å². The van der Waals surface area contributed by atoms with Crippen molar-refractivity contribution >= 4 is 33.2 Å². The Morgan fingerprint density at radius 2 is 1.81 bits per heavy atom. The van der Waals surface area contributed by atoms with Gasteiger partial charge in [0, 0.05) is 5.92 Å². The van der Waals surface area contributed by atoms with E-state index in [9.17, 15) is 4.79 Å². The molecule has 4 nitrogen and oxygen atoms in total. The number of halogens is 1. The third kappa shape index (κ3) is 2.97. The summed E-state index contributed by atoms with van der Waals surface area (Å²) in [6.07, 6.45) is 5.85. The molecule has 0 saturated carbocycles. The largest absolute Gasteiger partial charge is 0.496 e. The highest BCUT2D eigenvalue weighted by Gasteiger charge is 2.40. The smallest absolute Gasteiger partial charge is 0.251 e. The molecule has 0 N–H and O–H groups in total. The molecule has 2 aromatic rings. The van der Waals surface area contributed by atoms with Gasteiger partial charge in [-0.3, -0.25) is 4.79 Å². The van der Waals surface area contributed by atoms with Gasteiger partial charge in [-0.05, 0) is 64.7 Å². The van der Waals surface area contributed by atoms with Crippen molar-refractivity contribution in [3.63, 3.8) is 0 Å². The minimum atomic E-state index is -0.0754. The maximum atomic E-state index is 13.1. The molecular weight excluding hydrogens is 392 g/mol. The van der Waals surface area contributed by atoms with Gasteiger partial charge >= 0.3 is 0 Å². The number of hydrogen-bond donors (Lipinski definition) is 0. The third-order valence-corrected chi connectivity index (χ3v) is 5.59. The van der Waals surface area contributed by atoms with Gasteiger partial charge < -0.3 is 4.74 Å². The summed E-state index contributed by atoms with van der Waals surface area (Å²) in [6.45, 7) is 0. The molecule has 0 aromatic heterocycles. The predicted octanol–water partition coefficient (Wildman–Crippen LogP) is 4.79. The van der Waals surface area contributed by atoms with Gasteiger partial charge in [0.05, 0.1) is 28.9 Å². The van der Waals surface area contributed by atoms with Gasteiger partial charge in [-0.15, -0.1) is 0 Å². The summed E-state index contributed by atoms with van der Waals surface area (Å²) in [4.78, 5) is 13.1. The van der Waals surface area contributed by atoms with E-state index in [1.165, 1.54) is 0 Å². The molecule has 1 heterocycles. The summed E-state index contributed by atoms with van der Waals surface area (Å²) in [5.74, 6) is 0.879. The van der Waals surface area contributed by atoms with E-state index >= 15 is 0 Å². The van der Waals surface area contributed by atoms with Gasteiger partial charge in [0.1, 0.15) is 5.75 Å². The van der Waals surface area contributed by atoms with Crippen LogP contribution in [0.4, 0.5) is 5.69 Å². The van der Waals surface area contributed by atoms with Crippen molar-refractivity contribution in [2.45, 2.75) is 12.8 Å². The molecule has 1 aliphatic carbocycles. The molecule has 2 aromatic carbocycles. The second kappa shape index (κ2) is 7.08. The lowest BCUT2D eigenvalue weighted by molar-refractivity contribution is -0.123. The molecule has 1 unspecified atom stereocenters. The number of hydrogen-bond acceptors (Lipinski definition) is 3. The van der Waals surface area contributed by atoms with Crippen LogP contribution in [0.2, 0.25) is 0 Å². The minimum absolute atomic E-state index is 0.0712. The Kier molecular flexibility index (Phi) is 4.64. The molecule has 1 amide bonds. The Bertz CT molecular complexity index is 892. The summed E-state index contributed by atoms with van der Waals surface area (Å²) < 4.78 is 6.22. The lowest BCUT2D eigenvalue weighted by atomic mass is 9.76. The number of benzene rings is 2. The SMILES string of the molecule is COc1ccc(C2=NN(c3ccccc3)C(=O)C3CC=CC[C@H]23)cc1Br. The average molecular weight is 411 g/mol. The number of carbonyl (C=O) groups is 1. The summed E-state index contributed by atoms with van der Waals surface area (Å²) >= 11 is 3.56. The zero-order valence-corrected chi connectivity index (χ0v) is 16.0. The molecule has 4 rings (SSSR count). The normalized spacial score (nSPS) is 22.0. The molecule has 0 saturated heterocycles. The van der Waals surface area contributed by atoms with Crippen LogP contribution < -0.4 is 9.75 Å². The van der Waals surface area contributed by atoms with Crippen molar-refractivity contribution in [1.82, 2.24) is 0 Å². The van der Waals surface area contributed by atoms with Crippen LogP contribution >= 0.6 is 15.9 Å². The Morgan fingerprint density at radius 1 is 1.08 bits per heavy atom. The van der Waals surface area contributed by atoms with Crippen molar-refractivity contribution in [2.75, 3.05) is 12.1 Å².